The molecule has 0 saturated carbocycles. The molecule has 2 aliphatic rings. The molecule has 0 N–H and O–H groups in total. The van der Waals surface area contributed by atoms with Gasteiger partial charge in [-0.25, -0.2) is 4.99 Å². The first kappa shape index (κ1) is 25.1. The summed E-state index contributed by atoms with van der Waals surface area (Å²) in [5, 5.41) is 0.654. The average molecular weight is 492 g/mol. The number of carbonyl (C=O) groups excluding carboxylic acids is 1. The molecule has 0 radical (unpaired) electrons. The Morgan fingerprint density at radius 2 is 1.91 bits per heavy atom. The highest BCUT2D eigenvalue weighted by Gasteiger charge is 2.34. The number of hydrogen-bond acceptors (Lipinski definition) is 6. The number of fused-ring (bicyclic) bond motifs is 1. The fourth-order valence-corrected chi connectivity index (χ4v) is 5.34. The van der Waals surface area contributed by atoms with Gasteiger partial charge in [0.05, 0.1) is 36.4 Å². The van der Waals surface area contributed by atoms with Gasteiger partial charge in [-0.05, 0) is 69.3 Å². The van der Waals surface area contributed by atoms with E-state index in [9.17, 15) is 4.79 Å². The molecule has 0 aromatic heterocycles. The summed E-state index contributed by atoms with van der Waals surface area (Å²) in [6.07, 6.45) is 4.19. The van der Waals surface area contributed by atoms with E-state index in [1.807, 2.05) is 43.3 Å². The van der Waals surface area contributed by atoms with E-state index >= 15 is 0 Å². The maximum absolute atomic E-state index is 13.4. The summed E-state index contributed by atoms with van der Waals surface area (Å²) in [5.74, 6) is 0.658. The van der Waals surface area contributed by atoms with Crippen molar-refractivity contribution in [3.05, 3.63) is 64.6 Å². The zero-order valence-electron chi connectivity index (χ0n) is 21.3. The number of aliphatic imine (C=N–C) groups is 1. The molecule has 0 unspecified atom stereocenters. The Balaban J connectivity index is 1.74. The SMILES string of the molecule is CCOCCN1C(=O)/C(=C\c2cc3c(cc2OC)N(C)C(C)(C)C=C3C)SC1=Nc1ccccc1. The number of ether oxygens (including phenoxy) is 2. The fraction of sp³-hybridized carbons (Fsp3) is 0.357. The predicted octanol–water partition coefficient (Wildman–Crippen LogP) is 5.97. The Bertz CT molecular complexity index is 1200. The second kappa shape index (κ2) is 10.3. The number of allylic oxidation sites excluding steroid dienone is 1. The highest BCUT2D eigenvalue weighted by molar-refractivity contribution is 8.18. The number of amidine groups is 1. The summed E-state index contributed by atoms with van der Waals surface area (Å²) in [6.45, 7) is 9.98. The minimum absolute atomic E-state index is 0.0744. The van der Waals surface area contributed by atoms with Crippen LogP contribution in [0.3, 0.4) is 0 Å². The van der Waals surface area contributed by atoms with Crippen LogP contribution in [0.4, 0.5) is 11.4 Å². The third kappa shape index (κ3) is 5.16. The average Bonchev–Trinajstić information content (AvgIpc) is 3.12. The number of rotatable bonds is 7. The summed E-state index contributed by atoms with van der Waals surface area (Å²) in [6, 6.07) is 13.9. The van der Waals surface area contributed by atoms with Crippen molar-refractivity contribution >= 4 is 45.9 Å². The van der Waals surface area contributed by atoms with E-state index in [1.165, 1.54) is 17.3 Å². The van der Waals surface area contributed by atoms with Gasteiger partial charge < -0.3 is 14.4 Å². The Hall–Kier alpha value is -3.03. The van der Waals surface area contributed by atoms with Crippen LogP contribution in [0.1, 0.15) is 38.8 Å². The Morgan fingerprint density at radius 3 is 2.60 bits per heavy atom. The van der Waals surface area contributed by atoms with Crippen molar-refractivity contribution in [1.82, 2.24) is 4.90 Å². The zero-order valence-corrected chi connectivity index (χ0v) is 22.1. The Kier molecular flexibility index (Phi) is 7.38. The van der Waals surface area contributed by atoms with E-state index in [0.29, 0.717) is 29.8 Å². The predicted molar refractivity (Wildman–Crippen MR) is 146 cm³/mol. The lowest BCUT2D eigenvalue weighted by molar-refractivity contribution is -0.122. The van der Waals surface area contributed by atoms with Crippen LogP contribution in [0.15, 0.2) is 58.4 Å². The van der Waals surface area contributed by atoms with Gasteiger partial charge in [-0.15, -0.1) is 0 Å². The molecule has 4 rings (SSSR count). The van der Waals surface area contributed by atoms with Gasteiger partial charge in [0.2, 0.25) is 0 Å². The lowest BCUT2D eigenvalue weighted by Gasteiger charge is -2.41. The van der Waals surface area contributed by atoms with Crippen molar-refractivity contribution in [2.45, 2.75) is 33.2 Å². The highest BCUT2D eigenvalue weighted by Crippen LogP contribution is 2.43. The van der Waals surface area contributed by atoms with Gasteiger partial charge in [0.1, 0.15) is 5.75 Å². The maximum atomic E-state index is 13.4. The number of nitrogens with zero attached hydrogens (tertiary/aromatic N) is 3. The first-order chi connectivity index (χ1) is 16.7. The number of methoxy groups -OCH3 is 1. The molecular weight excluding hydrogens is 458 g/mol. The number of benzene rings is 2. The number of amides is 1. The number of carbonyl (C=O) groups is 1. The van der Waals surface area contributed by atoms with Crippen molar-refractivity contribution in [2.75, 3.05) is 38.8 Å². The van der Waals surface area contributed by atoms with Crippen LogP contribution >= 0.6 is 11.8 Å². The summed E-state index contributed by atoms with van der Waals surface area (Å²) >= 11 is 1.38. The van der Waals surface area contributed by atoms with E-state index in [2.05, 4.69) is 50.9 Å². The zero-order chi connectivity index (χ0) is 25.2. The van der Waals surface area contributed by atoms with Crippen LogP contribution in [-0.4, -0.2) is 55.4 Å². The summed E-state index contributed by atoms with van der Waals surface area (Å²) < 4.78 is 11.3. The molecule has 0 spiro atoms. The second-order valence-corrected chi connectivity index (χ2v) is 10.2. The Morgan fingerprint density at radius 1 is 1.17 bits per heavy atom. The molecule has 1 fully saturated rings. The van der Waals surface area contributed by atoms with Crippen LogP contribution in [-0.2, 0) is 9.53 Å². The Labute approximate surface area is 212 Å². The van der Waals surface area contributed by atoms with Crippen LogP contribution in [0.5, 0.6) is 5.75 Å². The highest BCUT2D eigenvalue weighted by atomic mass is 32.2. The van der Waals surface area contributed by atoms with E-state index in [0.717, 1.165) is 28.3 Å². The van der Waals surface area contributed by atoms with Gasteiger partial charge in [0, 0.05) is 36.5 Å². The molecule has 2 aliphatic heterocycles. The van der Waals surface area contributed by atoms with E-state index in [4.69, 9.17) is 14.5 Å². The standard InChI is InChI=1S/C28H33N3O3S/c1-7-34-14-13-31-26(32)25(35-27(31)29-21-11-9-8-10-12-21)16-20-15-22-19(2)18-28(3,4)30(5)23(22)17-24(20)33-6/h8-12,15-18H,7,13-14H2,1-6H3/b25-16+,29-27?. The van der Waals surface area contributed by atoms with Crippen molar-refractivity contribution < 1.29 is 14.3 Å². The molecule has 1 amide bonds. The number of likely N-dealkylation sites (N-methyl/N-ethyl adjacent to an activating group) is 1. The van der Waals surface area contributed by atoms with Crippen LogP contribution in [0.2, 0.25) is 0 Å². The van der Waals surface area contributed by atoms with Crippen LogP contribution in [0.25, 0.3) is 11.6 Å². The normalized spacial score (nSPS) is 19.4. The third-order valence-corrected chi connectivity index (χ3v) is 7.39. The molecule has 6 nitrogen and oxygen atoms in total. The smallest absolute Gasteiger partial charge is 0.266 e. The van der Waals surface area contributed by atoms with E-state index < -0.39 is 0 Å². The maximum Gasteiger partial charge on any atom is 0.266 e. The fourth-order valence-electron chi connectivity index (χ4n) is 4.33. The molecule has 0 bridgehead atoms. The van der Waals surface area contributed by atoms with Crippen molar-refractivity contribution in [3.63, 3.8) is 0 Å². The summed E-state index contributed by atoms with van der Waals surface area (Å²) in [4.78, 5) is 22.8. The molecule has 0 aliphatic carbocycles. The minimum atomic E-state index is -0.0940. The molecule has 35 heavy (non-hydrogen) atoms. The van der Waals surface area contributed by atoms with Crippen LogP contribution in [0, 0.1) is 0 Å². The van der Waals surface area contributed by atoms with Gasteiger partial charge in [-0.1, -0.05) is 24.3 Å². The summed E-state index contributed by atoms with van der Waals surface area (Å²) in [7, 11) is 3.76. The van der Waals surface area contributed by atoms with E-state index in [-0.39, 0.29) is 11.4 Å². The van der Waals surface area contributed by atoms with E-state index in [1.54, 1.807) is 12.0 Å². The van der Waals surface area contributed by atoms with Crippen LogP contribution < -0.4 is 9.64 Å². The number of anilines is 1. The van der Waals surface area contributed by atoms with Crippen molar-refractivity contribution in [2.24, 2.45) is 4.99 Å². The lowest BCUT2D eigenvalue weighted by Crippen LogP contribution is -2.42. The molecule has 7 heteroatoms. The largest absolute Gasteiger partial charge is 0.496 e. The lowest BCUT2D eigenvalue weighted by atomic mass is 9.88. The molecule has 2 aromatic rings. The first-order valence-corrected chi connectivity index (χ1v) is 12.7. The first-order valence-electron chi connectivity index (χ1n) is 11.8. The van der Waals surface area contributed by atoms with Gasteiger partial charge in [-0.3, -0.25) is 9.69 Å². The molecule has 2 aromatic carbocycles. The monoisotopic (exact) mass is 491 g/mol. The van der Waals surface area contributed by atoms with Gasteiger partial charge in [0.25, 0.3) is 5.91 Å². The number of thioether (sulfide) groups is 1. The van der Waals surface area contributed by atoms with Gasteiger partial charge >= 0.3 is 0 Å². The molecule has 1 saturated heterocycles. The third-order valence-electron chi connectivity index (χ3n) is 6.39. The molecule has 184 valence electrons. The van der Waals surface area contributed by atoms with Crippen molar-refractivity contribution in [1.29, 1.82) is 0 Å². The molecule has 0 atom stereocenters. The molecular formula is C28H33N3O3S. The summed E-state index contributed by atoms with van der Waals surface area (Å²) in [5.41, 5.74) is 5.05. The molecule has 2 heterocycles. The quantitative estimate of drug-likeness (QED) is 0.353. The number of para-hydroxylation sites is 1. The number of hydrogen-bond donors (Lipinski definition) is 0. The van der Waals surface area contributed by atoms with Gasteiger partial charge in [0.15, 0.2) is 5.17 Å². The minimum Gasteiger partial charge on any atom is -0.496 e. The van der Waals surface area contributed by atoms with Gasteiger partial charge in [-0.2, -0.15) is 0 Å². The second-order valence-electron chi connectivity index (χ2n) is 9.15. The topological polar surface area (TPSA) is 54.4 Å². The van der Waals surface area contributed by atoms with Crippen molar-refractivity contribution in [3.8, 4) is 5.75 Å².